The number of aliphatic hydroxyl groups is 1. The summed E-state index contributed by atoms with van der Waals surface area (Å²) in [5.41, 5.74) is 3.49. The zero-order chi connectivity index (χ0) is 23.2. The van der Waals surface area contributed by atoms with Gasteiger partial charge < -0.3 is 19.3 Å². The molecule has 1 atom stereocenters. The minimum atomic E-state index is -0.692. The number of fused-ring (bicyclic) bond motifs is 1. The third kappa shape index (κ3) is 3.73. The van der Waals surface area contributed by atoms with Crippen LogP contribution in [-0.4, -0.2) is 63.2 Å². The maximum atomic E-state index is 13.2. The van der Waals surface area contributed by atoms with E-state index in [0.717, 1.165) is 15.6 Å². The van der Waals surface area contributed by atoms with Gasteiger partial charge in [0.15, 0.2) is 5.76 Å². The van der Waals surface area contributed by atoms with Gasteiger partial charge in [-0.05, 0) is 57.3 Å². The molecule has 1 saturated heterocycles. The van der Waals surface area contributed by atoms with Crippen molar-refractivity contribution in [2.45, 2.75) is 19.9 Å². The summed E-state index contributed by atoms with van der Waals surface area (Å²) in [6.07, 6.45) is 1.86. The minimum Gasteiger partial charge on any atom is -0.505 e. The van der Waals surface area contributed by atoms with Crippen molar-refractivity contribution >= 4 is 39.0 Å². The second-order valence-corrected chi connectivity index (χ2v) is 9.19. The molecule has 1 aromatic carbocycles. The van der Waals surface area contributed by atoms with Crippen LogP contribution in [0.3, 0.4) is 0 Å². The number of likely N-dealkylation sites (tertiary alicyclic amines) is 1. The fourth-order valence-electron chi connectivity index (χ4n) is 4.08. The summed E-state index contributed by atoms with van der Waals surface area (Å²) >= 11 is 3.43. The average Bonchev–Trinajstić information content (AvgIpc) is 3.22. The number of aryl methyl sites for hydroxylation is 2. The predicted octanol–water partition coefficient (Wildman–Crippen LogP) is 3.70. The van der Waals surface area contributed by atoms with Crippen LogP contribution in [0.5, 0.6) is 0 Å². The second kappa shape index (κ2) is 8.52. The van der Waals surface area contributed by atoms with Crippen LogP contribution in [0.2, 0.25) is 0 Å². The van der Waals surface area contributed by atoms with E-state index >= 15 is 0 Å². The van der Waals surface area contributed by atoms with Gasteiger partial charge in [0.2, 0.25) is 0 Å². The maximum Gasteiger partial charge on any atom is 0.295 e. The first-order valence-corrected chi connectivity index (χ1v) is 11.1. The lowest BCUT2D eigenvalue weighted by molar-refractivity contribution is -0.140. The topological polar surface area (TPSA) is 78.2 Å². The molecule has 1 fully saturated rings. The largest absolute Gasteiger partial charge is 0.505 e. The van der Waals surface area contributed by atoms with Crippen LogP contribution < -0.4 is 0 Å². The zero-order valence-electron chi connectivity index (χ0n) is 18.5. The van der Waals surface area contributed by atoms with Gasteiger partial charge in [-0.1, -0.05) is 34.1 Å². The van der Waals surface area contributed by atoms with Crippen molar-refractivity contribution in [3.8, 4) is 0 Å². The Balaban J connectivity index is 1.91. The number of aromatic nitrogens is 2. The zero-order valence-corrected chi connectivity index (χ0v) is 20.0. The van der Waals surface area contributed by atoms with E-state index < -0.39 is 17.7 Å². The highest BCUT2D eigenvalue weighted by Gasteiger charge is 2.46. The van der Waals surface area contributed by atoms with Crippen molar-refractivity contribution in [1.29, 1.82) is 0 Å². The number of carbonyl (C=O) groups excluding carboxylic acids is 2. The lowest BCUT2D eigenvalue weighted by Crippen LogP contribution is -2.35. The third-order valence-corrected chi connectivity index (χ3v) is 6.35. The van der Waals surface area contributed by atoms with Crippen LogP contribution in [0.25, 0.3) is 11.4 Å². The molecule has 1 unspecified atom stereocenters. The van der Waals surface area contributed by atoms with E-state index in [9.17, 15) is 14.7 Å². The van der Waals surface area contributed by atoms with Gasteiger partial charge in [0.25, 0.3) is 11.7 Å². The molecular formula is C24H25BrN4O3. The van der Waals surface area contributed by atoms with E-state index in [1.807, 2.05) is 79.8 Å². The molecule has 4 rings (SSSR count). The molecule has 3 aromatic rings. The van der Waals surface area contributed by atoms with E-state index in [1.165, 1.54) is 4.90 Å². The molecule has 0 bridgehead atoms. The summed E-state index contributed by atoms with van der Waals surface area (Å²) in [6, 6.07) is 10.6. The predicted molar refractivity (Wildman–Crippen MR) is 126 cm³/mol. The molecule has 0 radical (unpaired) electrons. The maximum absolute atomic E-state index is 13.2. The number of benzene rings is 1. The van der Waals surface area contributed by atoms with Crippen molar-refractivity contribution in [3.05, 3.63) is 75.2 Å². The number of amides is 1. The number of nitrogens with zero attached hydrogens (tertiary/aromatic N) is 4. The molecule has 1 amide bonds. The van der Waals surface area contributed by atoms with Gasteiger partial charge in [-0.25, -0.2) is 4.98 Å². The lowest BCUT2D eigenvalue weighted by Gasteiger charge is -2.26. The highest BCUT2D eigenvalue weighted by molar-refractivity contribution is 9.10. The van der Waals surface area contributed by atoms with E-state index in [2.05, 4.69) is 20.9 Å². The molecule has 7 nitrogen and oxygen atoms in total. The Hall–Kier alpha value is -2.97. The average molecular weight is 497 g/mol. The Bertz CT molecular complexity index is 1240. The van der Waals surface area contributed by atoms with Crippen LogP contribution in [0.1, 0.15) is 28.6 Å². The fraction of sp³-hybridized carbons (Fsp3) is 0.292. The molecule has 0 saturated carbocycles. The molecule has 1 aliphatic heterocycles. The molecule has 3 heterocycles. The SMILES string of the molecule is Cc1cccn2c(C)c(C(O)=C3C(=O)C(=O)N(CCN(C)C)C3c3ccc(Br)cc3)nc12. The standard InChI is InChI=1S/C24H25BrN4O3/c1-14-6-5-11-28-15(2)19(26-23(14)28)21(30)18-20(16-7-9-17(25)10-8-16)29(13-12-27(3)4)24(32)22(18)31/h5-11,20,30H,12-13H2,1-4H3. The summed E-state index contributed by atoms with van der Waals surface area (Å²) in [4.78, 5) is 34.3. The van der Waals surface area contributed by atoms with Gasteiger partial charge in [-0.15, -0.1) is 0 Å². The van der Waals surface area contributed by atoms with Crippen molar-refractivity contribution < 1.29 is 14.7 Å². The Labute approximate surface area is 195 Å². The third-order valence-electron chi connectivity index (χ3n) is 5.82. The number of hydrogen-bond acceptors (Lipinski definition) is 5. The van der Waals surface area contributed by atoms with Gasteiger partial charge in [0, 0.05) is 23.8 Å². The van der Waals surface area contributed by atoms with Crippen LogP contribution >= 0.6 is 15.9 Å². The Morgan fingerprint density at radius 1 is 1.16 bits per heavy atom. The molecule has 2 aromatic heterocycles. The van der Waals surface area contributed by atoms with Gasteiger partial charge in [0.1, 0.15) is 11.3 Å². The normalized spacial score (nSPS) is 18.3. The molecule has 1 N–H and O–H groups in total. The number of imidazole rings is 1. The highest BCUT2D eigenvalue weighted by Crippen LogP contribution is 2.40. The number of Topliss-reactive ketones (excluding diaryl/α,β-unsaturated/α-hetero) is 1. The van der Waals surface area contributed by atoms with Crippen molar-refractivity contribution in [2.24, 2.45) is 0 Å². The number of ketones is 1. The quantitative estimate of drug-likeness (QED) is 0.331. The fourth-order valence-corrected chi connectivity index (χ4v) is 4.35. The first-order chi connectivity index (χ1) is 15.2. The van der Waals surface area contributed by atoms with E-state index in [4.69, 9.17) is 0 Å². The summed E-state index contributed by atoms with van der Waals surface area (Å²) in [5.74, 6) is -1.55. The number of hydrogen-bond donors (Lipinski definition) is 1. The summed E-state index contributed by atoms with van der Waals surface area (Å²) in [6.45, 7) is 4.73. The summed E-state index contributed by atoms with van der Waals surface area (Å²) in [7, 11) is 3.82. The number of aliphatic hydroxyl groups excluding tert-OH is 1. The smallest absolute Gasteiger partial charge is 0.295 e. The van der Waals surface area contributed by atoms with Crippen LogP contribution in [0.4, 0.5) is 0 Å². The number of pyridine rings is 1. The number of likely N-dealkylation sites (N-methyl/N-ethyl adjacent to an activating group) is 1. The van der Waals surface area contributed by atoms with Gasteiger partial charge in [-0.2, -0.15) is 0 Å². The molecule has 166 valence electrons. The molecule has 32 heavy (non-hydrogen) atoms. The van der Waals surface area contributed by atoms with Gasteiger partial charge in [0.05, 0.1) is 17.3 Å². The Kier molecular flexibility index (Phi) is 5.92. The van der Waals surface area contributed by atoms with Gasteiger partial charge >= 0.3 is 0 Å². The molecule has 0 aliphatic carbocycles. The van der Waals surface area contributed by atoms with E-state index in [-0.39, 0.29) is 11.3 Å². The van der Waals surface area contributed by atoms with E-state index in [1.54, 1.807) is 0 Å². The number of halogens is 1. The van der Waals surface area contributed by atoms with Crippen molar-refractivity contribution in [3.63, 3.8) is 0 Å². The lowest BCUT2D eigenvalue weighted by atomic mass is 9.96. The number of rotatable bonds is 5. The van der Waals surface area contributed by atoms with Crippen molar-refractivity contribution in [1.82, 2.24) is 19.2 Å². The first kappa shape index (κ1) is 22.2. The minimum absolute atomic E-state index is 0.0697. The highest BCUT2D eigenvalue weighted by atomic mass is 79.9. The Morgan fingerprint density at radius 3 is 2.47 bits per heavy atom. The van der Waals surface area contributed by atoms with Crippen LogP contribution in [0.15, 0.2) is 52.6 Å². The Morgan fingerprint density at radius 2 is 1.84 bits per heavy atom. The van der Waals surface area contributed by atoms with E-state index in [0.29, 0.717) is 30.1 Å². The van der Waals surface area contributed by atoms with Crippen LogP contribution in [-0.2, 0) is 9.59 Å². The summed E-state index contributed by atoms with van der Waals surface area (Å²) < 4.78 is 2.76. The molecule has 0 spiro atoms. The second-order valence-electron chi connectivity index (χ2n) is 8.28. The molecule has 1 aliphatic rings. The number of carbonyl (C=O) groups is 2. The van der Waals surface area contributed by atoms with Crippen molar-refractivity contribution in [2.75, 3.05) is 27.2 Å². The summed E-state index contributed by atoms with van der Waals surface area (Å²) in [5, 5.41) is 11.3. The van der Waals surface area contributed by atoms with Gasteiger partial charge in [-0.3, -0.25) is 9.59 Å². The monoisotopic (exact) mass is 496 g/mol. The molecule has 8 heteroatoms. The molecular weight excluding hydrogens is 472 g/mol. The first-order valence-electron chi connectivity index (χ1n) is 10.3. The van der Waals surface area contributed by atoms with Crippen LogP contribution in [0, 0.1) is 13.8 Å².